The van der Waals surface area contributed by atoms with E-state index in [4.69, 9.17) is 25.1 Å². The molecule has 6 heteroatoms. The van der Waals surface area contributed by atoms with Crippen LogP contribution in [0.25, 0.3) is 0 Å². The van der Waals surface area contributed by atoms with Crippen LogP contribution in [0.5, 0.6) is 0 Å². The number of carbonyl (C=O) groups excluding carboxylic acids is 1. The highest BCUT2D eigenvalue weighted by atomic mass is 16.6. The van der Waals surface area contributed by atoms with Gasteiger partial charge in [0.05, 0.1) is 19.8 Å². The Hall–Kier alpha value is -0.690. The van der Waals surface area contributed by atoms with Crippen LogP contribution in [0.1, 0.15) is 6.42 Å². The summed E-state index contributed by atoms with van der Waals surface area (Å²) in [4.78, 5) is 11.1. The first-order chi connectivity index (χ1) is 7.22. The highest BCUT2D eigenvalue weighted by molar-refractivity contribution is 5.75. The SMILES string of the molecule is COCCOCCOC(=O)[C@@H](N)CCO. The lowest BCUT2D eigenvalue weighted by molar-refractivity contribution is -0.147. The molecule has 0 amide bonds. The molecule has 6 nitrogen and oxygen atoms in total. The summed E-state index contributed by atoms with van der Waals surface area (Å²) in [6.07, 6.45) is 0.212. The molecule has 0 unspecified atom stereocenters. The quantitative estimate of drug-likeness (QED) is 0.379. The number of ether oxygens (including phenoxy) is 3. The van der Waals surface area contributed by atoms with Gasteiger partial charge >= 0.3 is 5.97 Å². The predicted molar refractivity (Wildman–Crippen MR) is 53.3 cm³/mol. The average molecular weight is 221 g/mol. The van der Waals surface area contributed by atoms with Crippen LogP contribution in [-0.2, 0) is 19.0 Å². The van der Waals surface area contributed by atoms with E-state index in [2.05, 4.69) is 0 Å². The van der Waals surface area contributed by atoms with E-state index in [0.717, 1.165) is 0 Å². The Balaban J connectivity index is 3.30. The van der Waals surface area contributed by atoms with Crippen molar-refractivity contribution in [3.8, 4) is 0 Å². The topological polar surface area (TPSA) is 91.0 Å². The highest BCUT2D eigenvalue weighted by Crippen LogP contribution is 1.91. The fraction of sp³-hybridized carbons (Fsp3) is 0.889. The molecule has 0 rings (SSSR count). The Kier molecular flexibility index (Phi) is 9.40. The van der Waals surface area contributed by atoms with Gasteiger partial charge in [0, 0.05) is 13.7 Å². The van der Waals surface area contributed by atoms with Crippen molar-refractivity contribution in [2.75, 3.05) is 40.1 Å². The van der Waals surface area contributed by atoms with E-state index in [9.17, 15) is 4.79 Å². The summed E-state index contributed by atoms with van der Waals surface area (Å²) in [6, 6.07) is -0.756. The lowest BCUT2D eigenvalue weighted by atomic mass is 10.2. The molecular weight excluding hydrogens is 202 g/mol. The summed E-state index contributed by atoms with van der Waals surface area (Å²) in [5.41, 5.74) is 5.39. The molecule has 0 aromatic heterocycles. The molecule has 1 atom stereocenters. The summed E-state index contributed by atoms with van der Waals surface area (Å²) in [5.74, 6) is -0.514. The molecule has 0 heterocycles. The van der Waals surface area contributed by atoms with Gasteiger partial charge in [-0.1, -0.05) is 0 Å². The van der Waals surface area contributed by atoms with E-state index < -0.39 is 12.0 Å². The molecular formula is C9H19NO5. The van der Waals surface area contributed by atoms with Crippen molar-refractivity contribution in [2.24, 2.45) is 5.73 Å². The van der Waals surface area contributed by atoms with Gasteiger partial charge in [-0.05, 0) is 6.42 Å². The molecule has 90 valence electrons. The van der Waals surface area contributed by atoms with E-state index in [1.807, 2.05) is 0 Å². The van der Waals surface area contributed by atoms with Gasteiger partial charge in [0.1, 0.15) is 12.6 Å². The number of hydrogen-bond acceptors (Lipinski definition) is 6. The fourth-order valence-electron chi connectivity index (χ4n) is 0.809. The summed E-state index contributed by atoms with van der Waals surface area (Å²) in [7, 11) is 1.58. The minimum Gasteiger partial charge on any atom is -0.462 e. The van der Waals surface area contributed by atoms with Crippen LogP contribution >= 0.6 is 0 Å². The van der Waals surface area contributed by atoms with Gasteiger partial charge in [0.15, 0.2) is 0 Å². The fourth-order valence-corrected chi connectivity index (χ4v) is 0.809. The van der Waals surface area contributed by atoms with Crippen molar-refractivity contribution in [1.82, 2.24) is 0 Å². The van der Waals surface area contributed by atoms with Crippen LogP contribution in [-0.4, -0.2) is 57.3 Å². The van der Waals surface area contributed by atoms with E-state index in [0.29, 0.717) is 19.8 Å². The maximum absolute atomic E-state index is 11.1. The molecule has 0 spiro atoms. The van der Waals surface area contributed by atoms with Crippen molar-refractivity contribution in [3.05, 3.63) is 0 Å². The summed E-state index contributed by atoms with van der Waals surface area (Å²) in [6.45, 7) is 1.35. The zero-order valence-electron chi connectivity index (χ0n) is 8.98. The normalized spacial score (nSPS) is 12.5. The van der Waals surface area contributed by atoms with Crippen molar-refractivity contribution < 1.29 is 24.1 Å². The number of aliphatic hydroxyl groups is 1. The number of methoxy groups -OCH3 is 1. The van der Waals surface area contributed by atoms with Gasteiger partial charge < -0.3 is 25.1 Å². The minimum absolute atomic E-state index is 0.124. The van der Waals surface area contributed by atoms with Gasteiger partial charge in [-0.25, -0.2) is 0 Å². The lowest BCUT2D eigenvalue weighted by Gasteiger charge is -2.10. The molecule has 0 saturated carbocycles. The number of rotatable bonds is 9. The first-order valence-corrected chi connectivity index (χ1v) is 4.82. The van der Waals surface area contributed by atoms with Crippen LogP contribution in [0.3, 0.4) is 0 Å². The predicted octanol–water partition coefficient (Wildman–Crippen LogP) is -1.10. The number of aliphatic hydroxyl groups excluding tert-OH is 1. The Morgan fingerprint density at radius 2 is 2.00 bits per heavy atom. The second kappa shape index (κ2) is 9.85. The summed E-state index contributed by atoms with van der Waals surface area (Å²) >= 11 is 0. The van der Waals surface area contributed by atoms with Gasteiger partial charge in [0.25, 0.3) is 0 Å². The average Bonchev–Trinajstić information content (AvgIpc) is 2.23. The molecule has 0 aliphatic carbocycles. The smallest absolute Gasteiger partial charge is 0.323 e. The molecule has 0 aliphatic rings. The largest absolute Gasteiger partial charge is 0.462 e. The van der Waals surface area contributed by atoms with Crippen LogP contribution in [0.15, 0.2) is 0 Å². The Labute approximate surface area is 89.3 Å². The Morgan fingerprint density at radius 1 is 1.33 bits per heavy atom. The second-order valence-electron chi connectivity index (χ2n) is 2.89. The first kappa shape index (κ1) is 14.3. The maximum atomic E-state index is 11.1. The van der Waals surface area contributed by atoms with Crippen molar-refractivity contribution in [3.63, 3.8) is 0 Å². The molecule has 0 aromatic rings. The monoisotopic (exact) mass is 221 g/mol. The maximum Gasteiger partial charge on any atom is 0.323 e. The summed E-state index contributed by atoms with van der Waals surface area (Å²) < 4.78 is 14.6. The molecule has 15 heavy (non-hydrogen) atoms. The van der Waals surface area contributed by atoms with E-state index in [1.54, 1.807) is 7.11 Å². The van der Waals surface area contributed by atoms with Crippen LogP contribution < -0.4 is 5.73 Å². The van der Waals surface area contributed by atoms with Gasteiger partial charge in [-0.2, -0.15) is 0 Å². The van der Waals surface area contributed by atoms with Crippen molar-refractivity contribution in [2.45, 2.75) is 12.5 Å². The van der Waals surface area contributed by atoms with Crippen molar-refractivity contribution in [1.29, 1.82) is 0 Å². The molecule has 0 saturated heterocycles. The van der Waals surface area contributed by atoms with E-state index >= 15 is 0 Å². The van der Waals surface area contributed by atoms with Gasteiger partial charge in [-0.15, -0.1) is 0 Å². The standard InChI is InChI=1S/C9H19NO5/c1-13-4-5-14-6-7-15-9(12)8(10)2-3-11/h8,11H,2-7,10H2,1H3/t8-/m0/s1. The number of esters is 1. The molecule has 0 aromatic carbocycles. The van der Waals surface area contributed by atoms with Crippen LogP contribution in [0.4, 0.5) is 0 Å². The Morgan fingerprint density at radius 3 is 2.60 bits per heavy atom. The molecule has 0 bridgehead atoms. The number of carbonyl (C=O) groups is 1. The summed E-state index contributed by atoms with van der Waals surface area (Å²) in [5, 5.41) is 8.53. The first-order valence-electron chi connectivity index (χ1n) is 4.82. The van der Waals surface area contributed by atoms with Gasteiger partial charge in [-0.3, -0.25) is 4.79 Å². The third-order valence-corrected chi connectivity index (χ3v) is 1.65. The second-order valence-corrected chi connectivity index (χ2v) is 2.89. The lowest BCUT2D eigenvalue weighted by Crippen LogP contribution is -2.33. The third-order valence-electron chi connectivity index (χ3n) is 1.65. The molecule has 0 radical (unpaired) electrons. The highest BCUT2D eigenvalue weighted by Gasteiger charge is 2.13. The van der Waals surface area contributed by atoms with Gasteiger partial charge in [0.2, 0.25) is 0 Å². The van der Waals surface area contributed by atoms with Crippen LogP contribution in [0, 0.1) is 0 Å². The minimum atomic E-state index is -0.756. The molecule has 3 N–H and O–H groups in total. The van der Waals surface area contributed by atoms with Crippen LogP contribution in [0.2, 0.25) is 0 Å². The zero-order valence-corrected chi connectivity index (χ0v) is 8.98. The zero-order chi connectivity index (χ0) is 11.5. The Bertz CT molecular complexity index is 165. The molecule has 0 fully saturated rings. The third kappa shape index (κ3) is 8.31. The van der Waals surface area contributed by atoms with E-state index in [1.165, 1.54) is 0 Å². The molecule has 0 aliphatic heterocycles. The van der Waals surface area contributed by atoms with E-state index in [-0.39, 0.29) is 19.6 Å². The number of hydrogen-bond donors (Lipinski definition) is 2. The number of nitrogens with two attached hydrogens (primary N) is 1. The van der Waals surface area contributed by atoms with Crippen molar-refractivity contribution >= 4 is 5.97 Å².